The second kappa shape index (κ2) is 15.2. The van der Waals surface area contributed by atoms with E-state index in [-0.39, 0.29) is 6.42 Å². The molecule has 0 fully saturated rings. The number of carbonyl (C=O) groups excluding carboxylic acids is 5. The van der Waals surface area contributed by atoms with Gasteiger partial charge < -0.3 is 42.0 Å². The summed E-state index contributed by atoms with van der Waals surface area (Å²) in [6, 6.07) is 12.3. The fraction of sp³-hybridized carbons (Fsp3) is 0.393. The number of hydrogen-bond donors (Lipinski definition) is 6. The fourth-order valence-corrected chi connectivity index (χ4v) is 3.52. The van der Waals surface area contributed by atoms with Crippen molar-refractivity contribution in [1.82, 2.24) is 16.0 Å². The zero-order valence-corrected chi connectivity index (χ0v) is 23.2. The van der Waals surface area contributed by atoms with E-state index in [1.165, 1.54) is 0 Å². The average Bonchev–Trinajstić information content (AvgIpc) is 2.89. The molecule has 222 valence electrons. The molecule has 0 bridgehead atoms. The predicted molar refractivity (Wildman–Crippen MR) is 148 cm³/mol. The third-order valence-electron chi connectivity index (χ3n) is 5.50. The summed E-state index contributed by atoms with van der Waals surface area (Å²) in [4.78, 5) is 61.2. The van der Waals surface area contributed by atoms with E-state index in [0.29, 0.717) is 17.9 Å². The van der Waals surface area contributed by atoms with E-state index in [1.54, 1.807) is 45.0 Å². The van der Waals surface area contributed by atoms with E-state index < -0.39 is 66.5 Å². The average molecular weight is 572 g/mol. The number of aliphatic hydroxyl groups is 1. The van der Waals surface area contributed by atoms with Crippen LogP contribution in [0.25, 0.3) is 0 Å². The van der Waals surface area contributed by atoms with Gasteiger partial charge in [-0.25, -0.2) is 4.79 Å². The van der Waals surface area contributed by atoms with Crippen LogP contribution in [-0.2, 0) is 36.9 Å². The number of nitrogens with two attached hydrogens (primary N) is 2. The van der Waals surface area contributed by atoms with Gasteiger partial charge in [-0.1, -0.05) is 42.5 Å². The highest BCUT2D eigenvalue weighted by Crippen LogP contribution is 2.15. The van der Waals surface area contributed by atoms with Gasteiger partial charge in [0.1, 0.15) is 36.1 Å². The van der Waals surface area contributed by atoms with Crippen LogP contribution in [-0.4, -0.2) is 65.2 Å². The van der Waals surface area contributed by atoms with Crippen LogP contribution in [0.15, 0.2) is 54.6 Å². The minimum absolute atomic E-state index is 0.0244. The van der Waals surface area contributed by atoms with Crippen LogP contribution < -0.4 is 32.2 Å². The number of aliphatic hydroxyl groups excluding tert-OH is 1. The maximum absolute atomic E-state index is 12.8. The first kappa shape index (κ1) is 32.6. The van der Waals surface area contributed by atoms with Crippen molar-refractivity contribution in [2.75, 3.05) is 6.61 Å². The van der Waals surface area contributed by atoms with Crippen molar-refractivity contribution < 1.29 is 38.6 Å². The lowest BCUT2D eigenvalue weighted by Crippen LogP contribution is -2.58. The molecule has 13 heteroatoms. The standard InChI is InChI=1S/C28H37N5O8/c1-28(2,3)41-27(39)33-21(14-23(29)35)25(37)32-22(15-34)26(38)31-20(24(30)36)13-17-9-11-19(12-10-17)40-16-18-7-5-4-6-8-18/h4-12,20-22,34H,13-16H2,1-3H3,(H2,29,35)(H2,30,36)(H,31,38)(H,32,37)(H,33,39)/t20-,21-,22+/m1/s1. The monoisotopic (exact) mass is 571 g/mol. The molecule has 0 radical (unpaired) electrons. The molecule has 0 heterocycles. The van der Waals surface area contributed by atoms with Gasteiger partial charge in [-0.05, 0) is 44.0 Å². The topological polar surface area (TPSA) is 212 Å². The van der Waals surface area contributed by atoms with Crippen LogP contribution in [0.2, 0.25) is 0 Å². The second-order valence-electron chi connectivity index (χ2n) is 10.2. The molecule has 0 aromatic heterocycles. The SMILES string of the molecule is CC(C)(C)OC(=O)N[C@H](CC(N)=O)C(=O)N[C@@H](CO)C(=O)N[C@H](Cc1ccc(OCc2ccccc2)cc1)C(N)=O. The maximum atomic E-state index is 12.8. The molecule has 2 aromatic rings. The quantitative estimate of drug-likeness (QED) is 0.181. The number of nitrogens with one attached hydrogen (secondary N) is 3. The van der Waals surface area contributed by atoms with Crippen LogP contribution in [0, 0.1) is 0 Å². The summed E-state index contributed by atoms with van der Waals surface area (Å²) in [6.07, 6.45) is -1.56. The number of carbonyl (C=O) groups is 5. The first-order valence-corrected chi connectivity index (χ1v) is 12.8. The van der Waals surface area contributed by atoms with Gasteiger partial charge in [-0.2, -0.15) is 0 Å². The van der Waals surface area contributed by atoms with Gasteiger partial charge in [0.2, 0.25) is 23.6 Å². The minimum atomic E-state index is -1.53. The number of rotatable bonds is 14. The summed E-state index contributed by atoms with van der Waals surface area (Å²) >= 11 is 0. The summed E-state index contributed by atoms with van der Waals surface area (Å²) in [5.41, 5.74) is 11.4. The van der Waals surface area contributed by atoms with Crippen molar-refractivity contribution >= 4 is 29.7 Å². The summed E-state index contributed by atoms with van der Waals surface area (Å²) < 4.78 is 10.8. The molecule has 0 aliphatic rings. The molecule has 0 saturated carbocycles. The Bertz CT molecular complexity index is 1200. The number of alkyl carbamates (subject to hydrolysis) is 1. The number of hydrogen-bond acceptors (Lipinski definition) is 8. The normalized spacial score (nSPS) is 13.2. The van der Waals surface area contributed by atoms with E-state index in [1.807, 2.05) is 30.3 Å². The van der Waals surface area contributed by atoms with E-state index in [4.69, 9.17) is 20.9 Å². The minimum Gasteiger partial charge on any atom is -0.489 e. The predicted octanol–water partition coefficient (Wildman–Crippen LogP) is 0.0240. The van der Waals surface area contributed by atoms with Gasteiger partial charge in [0.25, 0.3) is 0 Å². The van der Waals surface area contributed by atoms with Crippen molar-refractivity contribution in [3.63, 3.8) is 0 Å². The van der Waals surface area contributed by atoms with Gasteiger partial charge in [-0.15, -0.1) is 0 Å². The van der Waals surface area contributed by atoms with Crippen LogP contribution >= 0.6 is 0 Å². The first-order valence-electron chi connectivity index (χ1n) is 12.8. The Morgan fingerprint density at radius 3 is 1.93 bits per heavy atom. The second-order valence-corrected chi connectivity index (χ2v) is 10.2. The van der Waals surface area contributed by atoms with Gasteiger partial charge in [-0.3, -0.25) is 19.2 Å². The number of amides is 5. The molecule has 0 unspecified atom stereocenters. The van der Waals surface area contributed by atoms with Crippen molar-refractivity contribution in [2.24, 2.45) is 11.5 Å². The van der Waals surface area contributed by atoms with Gasteiger partial charge in [0, 0.05) is 6.42 Å². The smallest absolute Gasteiger partial charge is 0.408 e. The van der Waals surface area contributed by atoms with Crippen molar-refractivity contribution in [3.05, 3.63) is 65.7 Å². The highest BCUT2D eigenvalue weighted by Gasteiger charge is 2.30. The molecule has 5 amide bonds. The largest absolute Gasteiger partial charge is 0.489 e. The summed E-state index contributed by atoms with van der Waals surface area (Å²) in [7, 11) is 0. The molecular weight excluding hydrogens is 534 g/mol. The maximum Gasteiger partial charge on any atom is 0.408 e. The number of primary amides is 2. The molecule has 0 aliphatic carbocycles. The lowest BCUT2D eigenvalue weighted by molar-refractivity contribution is -0.133. The van der Waals surface area contributed by atoms with Crippen LogP contribution in [0.5, 0.6) is 5.75 Å². The van der Waals surface area contributed by atoms with Crippen molar-refractivity contribution in [2.45, 2.75) is 63.9 Å². The van der Waals surface area contributed by atoms with E-state index in [2.05, 4.69) is 16.0 Å². The zero-order chi connectivity index (χ0) is 30.6. The molecule has 2 aromatic carbocycles. The van der Waals surface area contributed by atoms with Crippen LogP contribution in [0.1, 0.15) is 38.3 Å². The Kier molecular flexibility index (Phi) is 12.1. The first-order chi connectivity index (χ1) is 19.3. The highest BCUT2D eigenvalue weighted by molar-refractivity contribution is 5.95. The Hall–Kier alpha value is -4.65. The Morgan fingerprint density at radius 1 is 0.805 bits per heavy atom. The fourth-order valence-electron chi connectivity index (χ4n) is 3.52. The van der Waals surface area contributed by atoms with Crippen LogP contribution in [0.3, 0.4) is 0 Å². The van der Waals surface area contributed by atoms with Gasteiger partial charge >= 0.3 is 6.09 Å². The number of ether oxygens (including phenoxy) is 2. The summed E-state index contributed by atoms with van der Waals surface area (Å²) in [6.45, 7) is 4.33. The number of benzene rings is 2. The molecule has 8 N–H and O–H groups in total. The van der Waals surface area contributed by atoms with Crippen LogP contribution in [0.4, 0.5) is 4.79 Å². The Morgan fingerprint density at radius 2 is 1.39 bits per heavy atom. The third-order valence-corrected chi connectivity index (χ3v) is 5.50. The molecule has 41 heavy (non-hydrogen) atoms. The molecule has 3 atom stereocenters. The molecule has 0 spiro atoms. The molecule has 0 aliphatic heterocycles. The zero-order valence-electron chi connectivity index (χ0n) is 23.2. The van der Waals surface area contributed by atoms with Crippen molar-refractivity contribution in [1.29, 1.82) is 0 Å². The van der Waals surface area contributed by atoms with Crippen molar-refractivity contribution in [3.8, 4) is 5.75 Å². The lowest BCUT2D eigenvalue weighted by Gasteiger charge is -2.25. The van der Waals surface area contributed by atoms with Gasteiger partial charge in [0.05, 0.1) is 13.0 Å². The molecule has 0 saturated heterocycles. The van der Waals surface area contributed by atoms with Gasteiger partial charge in [0.15, 0.2) is 0 Å². The third kappa shape index (κ3) is 12.0. The highest BCUT2D eigenvalue weighted by atomic mass is 16.6. The Labute approximate surface area is 237 Å². The summed E-state index contributed by atoms with van der Waals surface area (Å²) in [5, 5.41) is 16.6. The summed E-state index contributed by atoms with van der Waals surface area (Å²) in [5.74, 6) is -3.04. The Balaban J connectivity index is 2.00. The van der Waals surface area contributed by atoms with E-state index in [9.17, 15) is 29.1 Å². The molecular formula is C28H37N5O8. The lowest BCUT2D eigenvalue weighted by atomic mass is 10.0. The van der Waals surface area contributed by atoms with E-state index >= 15 is 0 Å². The van der Waals surface area contributed by atoms with E-state index in [0.717, 1.165) is 5.56 Å². The molecule has 13 nitrogen and oxygen atoms in total. The molecule has 2 rings (SSSR count).